The highest BCUT2D eigenvalue weighted by molar-refractivity contribution is 5.28. The van der Waals surface area contributed by atoms with Gasteiger partial charge in [0, 0.05) is 12.6 Å². The van der Waals surface area contributed by atoms with Gasteiger partial charge in [-0.2, -0.15) is 0 Å². The van der Waals surface area contributed by atoms with Crippen LogP contribution in [0.1, 0.15) is 12.0 Å². The second-order valence-electron chi connectivity index (χ2n) is 4.08. The fourth-order valence-electron chi connectivity index (χ4n) is 1.97. The minimum absolute atomic E-state index is 0.561. The molecule has 1 unspecified atom stereocenters. The summed E-state index contributed by atoms with van der Waals surface area (Å²) in [5, 5.41) is 3.45. The van der Waals surface area contributed by atoms with Gasteiger partial charge in [-0.3, -0.25) is 0 Å². The molecule has 15 heavy (non-hydrogen) atoms. The van der Waals surface area contributed by atoms with Crippen LogP contribution in [-0.4, -0.2) is 19.7 Å². The first-order valence-corrected chi connectivity index (χ1v) is 5.31. The zero-order valence-corrected chi connectivity index (χ0v) is 9.12. The van der Waals surface area contributed by atoms with Crippen LogP contribution in [0, 0.1) is 0 Å². The summed E-state index contributed by atoms with van der Waals surface area (Å²) in [4.78, 5) is 0. The summed E-state index contributed by atoms with van der Waals surface area (Å²) in [6.07, 6.45) is 2.18. The van der Waals surface area contributed by atoms with Crippen LogP contribution in [0.25, 0.3) is 0 Å². The van der Waals surface area contributed by atoms with Crippen LogP contribution in [0.2, 0.25) is 0 Å². The van der Waals surface area contributed by atoms with Crippen molar-refractivity contribution in [3.8, 4) is 5.75 Å². The van der Waals surface area contributed by atoms with Gasteiger partial charge in [0.25, 0.3) is 0 Å². The predicted molar refractivity (Wildman–Crippen MR) is 62.2 cm³/mol. The number of benzene rings is 1. The maximum absolute atomic E-state index is 5.13. The zero-order valence-electron chi connectivity index (χ0n) is 9.12. The Bertz CT molecular complexity index is 342. The van der Waals surface area contributed by atoms with Gasteiger partial charge < -0.3 is 10.1 Å². The lowest BCUT2D eigenvalue weighted by molar-refractivity contribution is 0.414. The maximum Gasteiger partial charge on any atom is 0.118 e. The molecule has 2 rings (SSSR count). The Morgan fingerprint density at radius 2 is 2.13 bits per heavy atom. The molecule has 1 aliphatic rings. The van der Waals surface area contributed by atoms with Crippen molar-refractivity contribution >= 4 is 0 Å². The molecule has 1 fully saturated rings. The fourth-order valence-corrected chi connectivity index (χ4v) is 1.97. The first-order chi connectivity index (χ1) is 7.28. The Morgan fingerprint density at radius 1 is 1.40 bits per heavy atom. The van der Waals surface area contributed by atoms with Crippen molar-refractivity contribution in [3.63, 3.8) is 0 Å². The van der Waals surface area contributed by atoms with Gasteiger partial charge in [0.15, 0.2) is 0 Å². The van der Waals surface area contributed by atoms with Crippen molar-refractivity contribution in [2.24, 2.45) is 0 Å². The molecule has 1 N–H and O–H groups in total. The summed E-state index contributed by atoms with van der Waals surface area (Å²) in [7, 11) is 1.69. The van der Waals surface area contributed by atoms with E-state index in [4.69, 9.17) is 4.74 Å². The summed E-state index contributed by atoms with van der Waals surface area (Å²) in [6.45, 7) is 4.96. The Balaban J connectivity index is 1.96. The largest absolute Gasteiger partial charge is 0.497 e. The number of hydrogen-bond donors (Lipinski definition) is 1. The van der Waals surface area contributed by atoms with E-state index in [0.29, 0.717) is 6.04 Å². The van der Waals surface area contributed by atoms with Crippen molar-refractivity contribution in [3.05, 3.63) is 42.0 Å². The molecule has 1 heterocycles. The van der Waals surface area contributed by atoms with Crippen LogP contribution in [0.15, 0.2) is 36.4 Å². The molecule has 0 aromatic heterocycles. The molecule has 0 radical (unpaired) electrons. The SMILES string of the molecule is C=C1CNC(Cc2ccc(OC)cc2)C1. The Labute approximate surface area is 91.0 Å². The van der Waals surface area contributed by atoms with Crippen molar-refractivity contribution in [2.75, 3.05) is 13.7 Å². The summed E-state index contributed by atoms with van der Waals surface area (Å²) in [6, 6.07) is 8.84. The molecule has 0 bridgehead atoms. The van der Waals surface area contributed by atoms with Gasteiger partial charge in [-0.1, -0.05) is 24.3 Å². The van der Waals surface area contributed by atoms with Crippen molar-refractivity contribution in [1.29, 1.82) is 0 Å². The minimum Gasteiger partial charge on any atom is -0.497 e. The number of ether oxygens (including phenoxy) is 1. The highest BCUT2D eigenvalue weighted by Crippen LogP contribution is 2.17. The summed E-state index contributed by atoms with van der Waals surface area (Å²) in [5.41, 5.74) is 2.66. The van der Waals surface area contributed by atoms with E-state index < -0.39 is 0 Å². The van der Waals surface area contributed by atoms with E-state index in [9.17, 15) is 0 Å². The van der Waals surface area contributed by atoms with Gasteiger partial charge in [0.1, 0.15) is 5.75 Å². The predicted octanol–water partition coefficient (Wildman–Crippen LogP) is 2.16. The summed E-state index contributed by atoms with van der Waals surface area (Å²) >= 11 is 0. The highest BCUT2D eigenvalue weighted by atomic mass is 16.5. The molecule has 0 saturated carbocycles. The Kier molecular flexibility index (Phi) is 3.07. The lowest BCUT2D eigenvalue weighted by atomic mass is 10.0. The summed E-state index contributed by atoms with van der Waals surface area (Å²) in [5.74, 6) is 0.919. The van der Waals surface area contributed by atoms with E-state index in [0.717, 1.165) is 25.1 Å². The molecule has 1 saturated heterocycles. The molecule has 2 nitrogen and oxygen atoms in total. The van der Waals surface area contributed by atoms with Crippen LogP contribution in [-0.2, 0) is 6.42 Å². The number of nitrogens with one attached hydrogen (secondary N) is 1. The van der Waals surface area contributed by atoms with Crippen LogP contribution < -0.4 is 10.1 Å². The Morgan fingerprint density at radius 3 is 2.67 bits per heavy atom. The third kappa shape index (κ3) is 2.60. The molecule has 0 spiro atoms. The van der Waals surface area contributed by atoms with Crippen molar-refractivity contribution in [1.82, 2.24) is 5.32 Å². The topological polar surface area (TPSA) is 21.3 Å². The average molecular weight is 203 g/mol. The van der Waals surface area contributed by atoms with Crippen molar-refractivity contribution < 1.29 is 4.74 Å². The Hall–Kier alpha value is -1.28. The number of hydrogen-bond acceptors (Lipinski definition) is 2. The van der Waals surface area contributed by atoms with E-state index in [-0.39, 0.29) is 0 Å². The van der Waals surface area contributed by atoms with Gasteiger partial charge >= 0.3 is 0 Å². The van der Waals surface area contributed by atoms with Crippen LogP contribution in [0.3, 0.4) is 0 Å². The summed E-state index contributed by atoms with van der Waals surface area (Å²) < 4.78 is 5.13. The van der Waals surface area contributed by atoms with Gasteiger partial charge in [0.05, 0.1) is 7.11 Å². The quantitative estimate of drug-likeness (QED) is 0.760. The number of rotatable bonds is 3. The molecule has 1 atom stereocenters. The van der Waals surface area contributed by atoms with Gasteiger partial charge in [0.2, 0.25) is 0 Å². The molecular formula is C13H17NO. The van der Waals surface area contributed by atoms with E-state index >= 15 is 0 Å². The highest BCUT2D eigenvalue weighted by Gasteiger charge is 2.16. The monoisotopic (exact) mass is 203 g/mol. The van der Waals surface area contributed by atoms with Crippen LogP contribution in [0.4, 0.5) is 0 Å². The smallest absolute Gasteiger partial charge is 0.118 e. The van der Waals surface area contributed by atoms with Gasteiger partial charge in [-0.25, -0.2) is 0 Å². The van der Waals surface area contributed by atoms with Gasteiger partial charge in [-0.05, 0) is 30.5 Å². The van der Waals surface area contributed by atoms with Crippen LogP contribution in [0.5, 0.6) is 5.75 Å². The average Bonchev–Trinajstić information content (AvgIpc) is 2.65. The molecule has 2 heteroatoms. The first kappa shape index (κ1) is 10.2. The van der Waals surface area contributed by atoms with E-state index in [1.165, 1.54) is 11.1 Å². The van der Waals surface area contributed by atoms with Gasteiger partial charge in [-0.15, -0.1) is 0 Å². The molecule has 0 amide bonds. The second kappa shape index (κ2) is 4.49. The van der Waals surface area contributed by atoms with Crippen molar-refractivity contribution in [2.45, 2.75) is 18.9 Å². The third-order valence-corrected chi connectivity index (χ3v) is 2.82. The molecule has 1 aliphatic heterocycles. The second-order valence-corrected chi connectivity index (χ2v) is 4.08. The van der Waals surface area contributed by atoms with E-state index in [1.807, 2.05) is 12.1 Å². The standard InChI is InChI=1S/C13H17NO/c1-10-7-12(14-9-10)8-11-3-5-13(15-2)6-4-11/h3-6,12,14H,1,7-9H2,2H3. The normalized spacial score (nSPS) is 20.6. The van der Waals surface area contributed by atoms with Crippen LogP contribution >= 0.6 is 0 Å². The minimum atomic E-state index is 0.561. The maximum atomic E-state index is 5.13. The molecule has 80 valence electrons. The molecule has 0 aliphatic carbocycles. The first-order valence-electron chi connectivity index (χ1n) is 5.31. The third-order valence-electron chi connectivity index (χ3n) is 2.82. The molecule has 1 aromatic rings. The molecular weight excluding hydrogens is 186 g/mol. The lowest BCUT2D eigenvalue weighted by Crippen LogP contribution is -2.23. The number of methoxy groups -OCH3 is 1. The lowest BCUT2D eigenvalue weighted by Gasteiger charge is -2.09. The van der Waals surface area contributed by atoms with E-state index in [1.54, 1.807) is 7.11 Å². The van der Waals surface area contributed by atoms with E-state index in [2.05, 4.69) is 24.0 Å². The molecule has 1 aromatic carbocycles. The zero-order chi connectivity index (χ0) is 10.7. The fraction of sp³-hybridized carbons (Fsp3) is 0.385.